The van der Waals surface area contributed by atoms with Crippen molar-refractivity contribution < 1.29 is 43.8 Å². The van der Waals surface area contributed by atoms with Gasteiger partial charge in [-0.25, -0.2) is 0 Å². The summed E-state index contributed by atoms with van der Waals surface area (Å²) in [6.07, 6.45) is 1.02. The van der Waals surface area contributed by atoms with Gasteiger partial charge in [0.1, 0.15) is 29.9 Å². The number of benzene rings is 2. The van der Waals surface area contributed by atoms with Gasteiger partial charge in [0.25, 0.3) is 0 Å². The number of nitrogens with one attached hydrogen (secondary N) is 6. The molecule has 1 aliphatic heterocycles. The Hall–Kier alpha value is -6.20. The van der Waals surface area contributed by atoms with Crippen LogP contribution in [0.3, 0.4) is 0 Å². The van der Waals surface area contributed by atoms with Crippen molar-refractivity contribution in [1.29, 1.82) is 0 Å². The molecule has 18 nitrogen and oxygen atoms in total. The number of carboxylic acid groups (broad SMARTS) is 1. The average molecular weight is 752 g/mol. The average Bonchev–Trinajstić information content (AvgIpc) is 3.13. The van der Waals surface area contributed by atoms with E-state index in [-0.39, 0.29) is 62.8 Å². The zero-order valence-electron chi connectivity index (χ0n) is 29.8. The fourth-order valence-electron chi connectivity index (χ4n) is 5.55. The maximum Gasteiger partial charge on any atom is 0.305 e. The van der Waals surface area contributed by atoms with E-state index >= 15 is 0 Å². The molecule has 1 aliphatic rings. The molecule has 1 fully saturated rings. The summed E-state index contributed by atoms with van der Waals surface area (Å²) < 4.78 is 0. The number of nitrogens with zero attached hydrogens (tertiary/aromatic N) is 1. The molecule has 4 atom stereocenters. The monoisotopic (exact) mass is 751 g/mol. The van der Waals surface area contributed by atoms with Crippen molar-refractivity contribution in [3.8, 4) is 5.75 Å². The maximum atomic E-state index is 13.9. The van der Waals surface area contributed by atoms with Gasteiger partial charge in [-0.15, -0.1) is 0 Å². The first-order chi connectivity index (χ1) is 25.8. The largest absolute Gasteiger partial charge is 0.508 e. The van der Waals surface area contributed by atoms with Gasteiger partial charge in [0.05, 0.1) is 13.0 Å². The summed E-state index contributed by atoms with van der Waals surface area (Å²) in [5.74, 6) is -5.68. The first-order valence-electron chi connectivity index (χ1n) is 17.6. The summed E-state index contributed by atoms with van der Waals surface area (Å²) in [7, 11) is 0. The molecule has 0 spiro atoms. The van der Waals surface area contributed by atoms with E-state index in [0.717, 1.165) is 5.56 Å². The lowest BCUT2D eigenvalue weighted by Crippen LogP contribution is -2.58. The lowest BCUT2D eigenvalue weighted by atomic mass is 10.0. The van der Waals surface area contributed by atoms with E-state index < -0.39 is 72.6 Å². The number of hydrogen-bond acceptors (Lipinski definition) is 9. The number of aliphatic imine (C=N–C) groups is 1. The fourth-order valence-corrected chi connectivity index (χ4v) is 5.55. The standard InChI is InChI=1S/C36H49N9O9/c37-36(38)40-18-6-10-25-32(51)41-21-30(48)42-28(20-31(49)50)35(54)45-27(19-23-7-2-1-3-8-23)34(53)44-26(33(52)43-25)9-4-5-17-39-29(47)16-13-22-11-14-24(46)15-12-22/h1-3,7-8,11-12,14-15,25-28,46H,4-6,9-10,13,16-21H2,(H,39,47)(H,41,51)(H,42,48)(H,43,52)(H,44,53)(H,45,54)(H,49,50)(H4,37,38,40)/t25-,26-,27-,28-/m0/s1. The van der Waals surface area contributed by atoms with E-state index in [2.05, 4.69) is 36.9 Å². The Morgan fingerprint density at radius 3 is 2.02 bits per heavy atom. The van der Waals surface area contributed by atoms with Crippen molar-refractivity contribution in [2.24, 2.45) is 16.5 Å². The number of rotatable bonds is 16. The molecule has 0 aliphatic carbocycles. The number of phenolic OH excluding ortho intramolecular Hbond substituents is 1. The molecule has 1 heterocycles. The van der Waals surface area contributed by atoms with E-state index in [1.165, 1.54) is 0 Å². The van der Waals surface area contributed by atoms with Crippen LogP contribution in [-0.2, 0) is 46.4 Å². The second-order valence-corrected chi connectivity index (χ2v) is 12.8. The summed E-state index contributed by atoms with van der Waals surface area (Å²) in [6.45, 7) is -0.225. The molecule has 6 amide bonds. The zero-order chi connectivity index (χ0) is 39.5. The number of carboxylic acids is 1. The molecule has 0 saturated carbocycles. The van der Waals surface area contributed by atoms with Crippen molar-refractivity contribution in [2.75, 3.05) is 19.6 Å². The van der Waals surface area contributed by atoms with Gasteiger partial charge in [0.2, 0.25) is 35.4 Å². The van der Waals surface area contributed by atoms with E-state index in [4.69, 9.17) is 11.5 Å². The molecule has 0 radical (unpaired) electrons. The minimum atomic E-state index is -1.59. The Morgan fingerprint density at radius 2 is 1.35 bits per heavy atom. The van der Waals surface area contributed by atoms with E-state index in [9.17, 15) is 43.8 Å². The Bertz CT molecular complexity index is 1630. The van der Waals surface area contributed by atoms with Gasteiger partial charge >= 0.3 is 5.97 Å². The lowest BCUT2D eigenvalue weighted by molar-refractivity contribution is -0.141. The Kier molecular flexibility index (Phi) is 17.2. The molecule has 292 valence electrons. The van der Waals surface area contributed by atoms with Gasteiger partial charge in [-0.05, 0) is 61.8 Å². The van der Waals surface area contributed by atoms with Crippen LogP contribution in [0.2, 0.25) is 0 Å². The van der Waals surface area contributed by atoms with Gasteiger partial charge in [-0.1, -0.05) is 42.5 Å². The van der Waals surface area contributed by atoms with Gasteiger partial charge in [-0.2, -0.15) is 0 Å². The van der Waals surface area contributed by atoms with Gasteiger partial charge in [0, 0.05) is 25.9 Å². The summed E-state index contributed by atoms with van der Waals surface area (Å²) >= 11 is 0. The Balaban J connectivity index is 1.80. The van der Waals surface area contributed by atoms with E-state index in [0.29, 0.717) is 24.8 Å². The number of aliphatic carboxylic acids is 1. The van der Waals surface area contributed by atoms with Crippen LogP contribution in [0, 0.1) is 0 Å². The number of amides is 6. The Morgan fingerprint density at radius 1 is 0.741 bits per heavy atom. The molecular formula is C36H49N9O9. The molecule has 0 bridgehead atoms. The van der Waals surface area contributed by atoms with E-state index in [1.54, 1.807) is 54.6 Å². The zero-order valence-corrected chi connectivity index (χ0v) is 29.8. The molecular weight excluding hydrogens is 702 g/mol. The molecule has 2 aromatic carbocycles. The number of phenols is 1. The van der Waals surface area contributed by atoms with Crippen molar-refractivity contribution in [1.82, 2.24) is 31.9 Å². The smallest absolute Gasteiger partial charge is 0.305 e. The van der Waals surface area contributed by atoms with Crippen molar-refractivity contribution in [3.63, 3.8) is 0 Å². The topological polar surface area (TPSA) is 297 Å². The third kappa shape index (κ3) is 15.6. The predicted molar refractivity (Wildman–Crippen MR) is 196 cm³/mol. The lowest BCUT2D eigenvalue weighted by Gasteiger charge is -2.26. The predicted octanol–water partition coefficient (Wildman–Crippen LogP) is -1.55. The maximum absolute atomic E-state index is 13.9. The minimum Gasteiger partial charge on any atom is -0.508 e. The number of nitrogens with two attached hydrogens (primary N) is 2. The van der Waals surface area contributed by atoms with E-state index in [1.807, 2.05) is 0 Å². The quantitative estimate of drug-likeness (QED) is 0.0532. The molecule has 0 unspecified atom stereocenters. The molecule has 2 aromatic rings. The number of aromatic hydroxyl groups is 1. The molecule has 12 N–H and O–H groups in total. The number of carbonyl (C=O) groups is 7. The molecule has 1 saturated heterocycles. The number of unbranched alkanes of at least 4 members (excludes halogenated alkanes) is 1. The highest BCUT2D eigenvalue weighted by Crippen LogP contribution is 2.12. The van der Waals surface area contributed by atoms with Crippen molar-refractivity contribution in [3.05, 3.63) is 65.7 Å². The van der Waals surface area contributed by atoms with Crippen LogP contribution in [0.1, 0.15) is 56.1 Å². The highest BCUT2D eigenvalue weighted by molar-refractivity contribution is 5.98. The van der Waals surface area contributed by atoms with Gasteiger partial charge < -0.3 is 53.6 Å². The van der Waals surface area contributed by atoms with Crippen LogP contribution < -0.4 is 43.4 Å². The summed E-state index contributed by atoms with van der Waals surface area (Å²) in [5, 5.41) is 34.3. The first kappa shape index (κ1) is 42.2. The highest BCUT2D eigenvalue weighted by atomic mass is 16.4. The summed E-state index contributed by atoms with van der Waals surface area (Å²) in [6, 6.07) is 9.94. The number of carbonyl (C=O) groups excluding carboxylic acids is 6. The molecule has 3 rings (SSSR count). The normalized spacial score (nSPS) is 19.7. The summed E-state index contributed by atoms with van der Waals surface area (Å²) in [5.41, 5.74) is 12.3. The van der Waals surface area contributed by atoms with Crippen LogP contribution in [0.15, 0.2) is 59.6 Å². The molecule has 18 heteroatoms. The van der Waals surface area contributed by atoms with Crippen molar-refractivity contribution >= 4 is 47.4 Å². The van der Waals surface area contributed by atoms with Crippen LogP contribution >= 0.6 is 0 Å². The molecule has 0 aromatic heterocycles. The Labute approximate surface area is 312 Å². The van der Waals surface area contributed by atoms with Gasteiger partial charge in [-0.3, -0.25) is 38.6 Å². The number of guanidine groups is 1. The first-order valence-corrected chi connectivity index (χ1v) is 17.6. The van der Waals surface area contributed by atoms with Crippen LogP contribution in [0.5, 0.6) is 5.75 Å². The van der Waals surface area contributed by atoms with Crippen molar-refractivity contribution in [2.45, 2.75) is 82.0 Å². The minimum absolute atomic E-state index is 0.0376. The highest BCUT2D eigenvalue weighted by Gasteiger charge is 2.33. The van der Waals surface area contributed by atoms with Crippen LogP contribution in [0.4, 0.5) is 0 Å². The van der Waals surface area contributed by atoms with Crippen LogP contribution in [0.25, 0.3) is 0 Å². The summed E-state index contributed by atoms with van der Waals surface area (Å²) in [4.78, 5) is 95.0. The molecule has 54 heavy (non-hydrogen) atoms. The third-order valence-corrected chi connectivity index (χ3v) is 8.40. The van der Waals surface area contributed by atoms with Gasteiger partial charge in [0.15, 0.2) is 5.96 Å². The SMILES string of the molecule is NC(N)=NCCC[C@@H]1NC(=O)[C@H](CCCCNC(=O)CCc2ccc(O)cc2)NC(=O)[C@H](Cc2ccccc2)NC(=O)[C@H](CC(=O)O)NC(=O)CNC1=O. The number of aryl methyl sites for hydroxylation is 1. The van der Waals surface area contributed by atoms with Crippen LogP contribution in [-0.4, -0.2) is 101 Å². The number of hydrogen-bond donors (Lipinski definition) is 10. The fraction of sp³-hybridized carbons (Fsp3) is 0.444. The second kappa shape index (κ2) is 22.0. The third-order valence-electron chi connectivity index (χ3n) is 8.40. The second-order valence-electron chi connectivity index (χ2n) is 12.8.